The zero-order valence-electron chi connectivity index (χ0n) is 28.2. The number of fused-ring (bicyclic) bond motifs is 6. The first kappa shape index (κ1) is 33.3. The highest BCUT2D eigenvalue weighted by Gasteiger charge is 2.19. The quantitative estimate of drug-likeness (QED) is 0.0946. The fourth-order valence-electron chi connectivity index (χ4n) is 6.69. The molecule has 0 aliphatic rings. The van der Waals surface area contributed by atoms with E-state index in [2.05, 4.69) is 57.9 Å². The molecule has 2 unspecified atom stereocenters. The lowest BCUT2D eigenvalue weighted by Crippen LogP contribution is -2.36. The number of carbonyl (C=O) groups is 1. The lowest BCUT2D eigenvalue weighted by atomic mass is 10.0. The van der Waals surface area contributed by atoms with Gasteiger partial charge in [0.1, 0.15) is 11.0 Å². The molecule has 6 rings (SSSR count). The second-order valence-corrected chi connectivity index (χ2v) is 12.9. The number of unbranched alkanes of at least 4 members (excludes halogenated alkanes) is 2. The van der Waals surface area contributed by atoms with Crippen molar-refractivity contribution in [2.75, 3.05) is 26.2 Å². The first-order chi connectivity index (χ1) is 23.5. The Morgan fingerprint density at radius 1 is 0.688 bits per heavy atom. The molecule has 0 bridgehead atoms. The minimum absolute atomic E-state index is 0.123. The maximum atomic E-state index is 12.5. The van der Waals surface area contributed by atoms with Crippen LogP contribution in [0.3, 0.4) is 0 Å². The Kier molecular flexibility index (Phi) is 10.8. The summed E-state index contributed by atoms with van der Waals surface area (Å²) in [6, 6.07) is 16.4. The van der Waals surface area contributed by atoms with E-state index in [0.29, 0.717) is 26.2 Å². The van der Waals surface area contributed by atoms with Crippen molar-refractivity contribution in [2.24, 2.45) is 11.5 Å². The van der Waals surface area contributed by atoms with Gasteiger partial charge < -0.3 is 31.2 Å². The molecule has 2 atom stereocenters. The zero-order valence-corrected chi connectivity index (χ0v) is 28.2. The predicted octanol–water partition coefficient (Wildman–Crippen LogP) is 5.95. The molecule has 252 valence electrons. The number of nitrogens with zero attached hydrogens (tertiary/aromatic N) is 6. The van der Waals surface area contributed by atoms with E-state index in [4.69, 9.17) is 31.4 Å². The number of aryl methyl sites for hydroxylation is 2. The van der Waals surface area contributed by atoms with Crippen LogP contribution in [-0.4, -0.2) is 61.3 Å². The average Bonchev–Trinajstić information content (AvgIpc) is 3.73. The third-order valence-corrected chi connectivity index (χ3v) is 9.32. The number of hydrogen-bond acceptors (Lipinski definition) is 7. The van der Waals surface area contributed by atoms with E-state index in [1.165, 1.54) is 0 Å². The summed E-state index contributed by atoms with van der Waals surface area (Å²) in [5.74, 6) is 0.473. The molecule has 0 aliphatic heterocycles. The number of amides is 2. The SMILES string of the molecule is CC(CCN)c1nc2ccccc2c2c1ncn2CCCCNC(=O)NCCCCn1cnc2c(C(C)CCN)nc3ccccc3c21. The van der Waals surface area contributed by atoms with Gasteiger partial charge in [0.15, 0.2) is 0 Å². The number of urea groups is 1. The van der Waals surface area contributed by atoms with E-state index in [1.54, 1.807) is 0 Å². The van der Waals surface area contributed by atoms with Crippen LogP contribution in [0.2, 0.25) is 0 Å². The van der Waals surface area contributed by atoms with Gasteiger partial charge in [0.05, 0.1) is 46.1 Å². The van der Waals surface area contributed by atoms with Crippen molar-refractivity contribution in [3.05, 3.63) is 72.6 Å². The summed E-state index contributed by atoms with van der Waals surface area (Å²) < 4.78 is 4.45. The van der Waals surface area contributed by atoms with Gasteiger partial charge in [0.2, 0.25) is 0 Å². The first-order valence-electron chi connectivity index (χ1n) is 17.4. The molecule has 48 heavy (non-hydrogen) atoms. The van der Waals surface area contributed by atoms with Crippen molar-refractivity contribution in [3.63, 3.8) is 0 Å². The van der Waals surface area contributed by atoms with Crippen molar-refractivity contribution in [3.8, 4) is 0 Å². The van der Waals surface area contributed by atoms with Crippen LogP contribution < -0.4 is 22.1 Å². The minimum Gasteiger partial charge on any atom is -0.338 e. The Bertz CT molecular complexity index is 1860. The van der Waals surface area contributed by atoms with Crippen LogP contribution in [0.15, 0.2) is 61.2 Å². The van der Waals surface area contributed by atoms with E-state index in [1.807, 2.05) is 36.9 Å². The smallest absolute Gasteiger partial charge is 0.314 e. The molecule has 2 amide bonds. The van der Waals surface area contributed by atoms with Crippen molar-refractivity contribution in [1.82, 2.24) is 39.7 Å². The molecule has 4 aromatic heterocycles. The van der Waals surface area contributed by atoms with Gasteiger partial charge in [-0.05, 0) is 63.7 Å². The van der Waals surface area contributed by atoms with Crippen LogP contribution in [0.4, 0.5) is 4.79 Å². The standard InChI is InChI=1S/C37H48N10O/c1-25(15-17-38)31-33-35(27-11-3-5-13-29(27)44-31)46(23-42-33)21-9-7-19-40-37(48)41-20-8-10-22-47-24-43-34-32(26(2)16-18-39)45-30-14-6-4-12-28(30)36(34)47/h3-6,11-14,23-26H,7-10,15-22,38-39H2,1-2H3,(H2,40,41,48). The number of rotatable bonds is 16. The summed E-state index contributed by atoms with van der Waals surface area (Å²) >= 11 is 0. The molecule has 0 saturated heterocycles. The molecule has 0 aliphatic carbocycles. The minimum atomic E-state index is -0.123. The summed E-state index contributed by atoms with van der Waals surface area (Å²) in [5, 5.41) is 8.25. The van der Waals surface area contributed by atoms with Gasteiger partial charge in [-0.15, -0.1) is 0 Å². The second kappa shape index (κ2) is 15.5. The van der Waals surface area contributed by atoms with E-state index < -0.39 is 0 Å². The number of hydrogen-bond donors (Lipinski definition) is 4. The Hall–Kier alpha value is -4.61. The summed E-state index contributed by atoms with van der Waals surface area (Å²) in [4.78, 5) is 32.0. The van der Waals surface area contributed by atoms with Gasteiger partial charge in [-0.25, -0.2) is 14.8 Å². The molecule has 6 aromatic rings. The Morgan fingerprint density at radius 3 is 1.56 bits per heavy atom. The van der Waals surface area contributed by atoms with E-state index in [9.17, 15) is 4.79 Å². The first-order valence-corrected chi connectivity index (χ1v) is 17.4. The van der Waals surface area contributed by atoms with Crippen molar-refractivity contribution < 1.29 is 4.79 Å². The van der Waals surface area contributed by atoms with Crippen LogP contribution in [0.5, 0.6) is 0 Å². The van der Waals surface area contributed by atoms with Gasteiger partial charge in [-0.3, -0.25) is 9.97 Å². The molecule has 0 saturated carbocycles. The maximum Gasteiger partial charge on any atom is 0.314 e. The number of carbonyl (C=O) groups excluding carboxylic acids is 1. The van der Waals surface area contributed by atoms with Crippen molar-refractivity contribution in [1.29, 1.82) is 0 Å². The number of imidazole rings is 2. The second-order valence-electron chi connectivity index (χ2n) is 12.9. The molecule has 2 aromatic carbocycles. The van der Waals surface area contributed by atoms with Crippen LogP contribution in [-0.2, 0) is 13.1 Å². The molecule has 4 heterocycles. The Balaban J connectivity index is 0.968. The van der Waals surface area contributed by atoms with E-state index >= 15 is 0 Å². The topological polar surface area (TPSA) is 155 Å². The number of pyridine rings is 2. The summed E-state index contributed by atoms with van der Waals surface area (Å²) in [5.41, 5.74) is 19.9. The molecular formula is C37H48N10O. The zero-order chi connectivity index (χ0) is 33.5. The third-order valence-electron chi connectivity index (χ3n) is 9.32. The van der Waals surface area contributed by atoms with Crippen LogP contribution >= 0.6 is 0 Å². The van der Waals surface area contributed by atoms with Crippen LogP contribution in [0, 0.1) is 0 Å². The maximum absolute atomic E-state index is 12.5. The molecular weight excluding hydrogens is 600 g/mol. The van der Waals surface area contributed by atoms with Crippen LogP contribution in [0.25, 0.3) is 43.9 Å². The van der Waals surface area contributed by atoms with Gasteiger partial charge >= 0.3 is 6.03 Å². The molecule has 0 fully saturated rings. The lowest BCUT2D eigenvalue weighted by molar-refractivity contribution is 0.240. The van der Waals surface area contributed by atoms with E-state index in [-0.39, 0.29) is 17.9 Å². The van der Waals surface area contributed by atoms with Crippen molar-refractivity contribution in [2.45, 2.75) is 77.3 Å². The van der Waals surface area contributed by atoms with Crippen LogP contribution in [0.1, 0.15) is 75.6 Å². The highest BCUT2D eigenvalue weighted by molar-refractivity contribution is 6.04. The highest BCUT2D eigenvalue weighted by atomic mass is 16.2. The fraction of sp³-hybridized carbons (Fsp3) is 0.432. The van der Waals surface area contributed by atoms with Gasteiger partial charge in [-0.1, -0.05) is 50.2 Å². The third kappa shape index (κ3) is 7.12. The Labute approximate surface area is 281 Å². The number of benzene rings is 2. The number of aromatic nitrogens is 6. The summed E-state index contributed by atoms with van der Waals surface area (Å²) in [6.07, 6.45) is 9.17. The molecule has 11 nitrogen and oxygen atoms in total. The predicted molar refractivity (Wildman–Crippen MR) is 194 cm³/mol. The normalized spacial score (nSPS) is 13.1. The lowest BCUT2D eigenvalue weighted by Gasteiger charge is -2.14. The average molecular weight is 649 g/mol. The largest absolute Gasteiger partial charge is 0.338 e. The van der Waals surface area contributed by atoms with Gasteiger partial charge in [0, 0.05) is 48.8 Å². The Morgan fingerprint density at radius 2 is 1.12 bits per heavy atom. The monoisotopic (exact) mass is 648 g/mol. The molecule has 6 N–H and O–H groups in total. The summed E-state index contributed by atoms with van der Waals surface area (Å²) in [7, 11) is 0. The van der Waals surface area contributed by atoms with Crippen molar-refractivity contribution >= 4 is 49.9 Å². The number of nitrogens with one attached hydrogen (secondary N) is 2. The highest BCUT2D eigenvalue weighted by Crippen LogP contribution is 2.32. The van der Waals surface area contributed by atoms with Gasteiger partial charge in [0.25, 0.3) is 0 Å². The summed E-state index contributed by atoms with van der Waals surface area (Å²) in [6.45, 7) is 8.45. The van der Waals surface area contributed by atoms with E-state index in [0.717, 1.165) is 107 Å². The number of para-hydroxylation sites is 2. The fourth-order valence-corrected chi connectivity index (χ4v) is 6.69. The molecule has 0 radical (unpaired) electrons. The molecule has 0 spiro atoms. The molecule has 11 heteroatoms. The number of nitrogens with two attached hydrogens (primary N) is 2. The van der Waals surface area contributed by atoms with Gasteiger partial charge in [-0.2, -0.15) is 0 Å².